The highest BCUT2D eigenvalue weighted by Crippen LogP contribution is 2.28. The first kappa shape index (κ1) is 16.0. The first-order valence-corrected chi connectivity index (χ1v) is 7.88. The zero-order valence-corrected chi connectivity index (χ0v) is 13.0. The largest absolute Gasteiger partial charge is 0.496 e. The van der Waals surface area contributed by atoms with Crippen molar-refractivity contribution < 1.29 is 13.2 Å². The molecular weight excluding hydrogens is 262 g/mol. The van der Waals surface area contributed by atoms with E-state index in [0.29, 0.717) is 11.3 Å². The van der Waals surface area contributed by atoms with Crippen LogP contribution in [0.1, 0.15) is 44.9 Å². The van der Waals surface area contributed by atoms with E-state index >= 15 is 0 Å². The molecule has 0 radical (unpaired) electrons. The molecule has 1 aromatic carbocycles. The molecule has 5 heteroatoms. The molecule has 0 fully saturated rings. The summed E-state index contributed by atoms with van der Waals surface area (Å²) in [5.74, 6) is 0.539. The van der Waals surface area contributed by atoms with Crippen LogP contribution < -0.4 is 10.5 Å². The van der Waals surface area contributed by atoms with Crippen LogP contribution in [0.15, 0.2) is 18.2 Å². The summed E-state index contributed by atoms with van der Waals surface area (Å²) in [4.78, 5) is 0. The second-order valence-electron chi connectivity index (χ2n) is 5.73. The van der Waals surface area contributed by atoms with Crippen molar-refractivity contribution >= 4 is 9.84 Å². The van der Waals surface area contributed by atoms with E-state index < -0.39 is 14.6 Å². The summed E-state index contributed by atoms with van der Waals surface area (Å²) < 4.78 is 29.0. The van der Waals surface area contributed by atoms with Crippen molar-refractivity contribution in [2.24, 2.45) is 5.73 Å². The fourth-order valence-electron chi connectivity index (χ4n) is 1.62. The van der Waals surface area contributed by atoms with Gasteiger partial charge in [-0.05, 0) is 45.4 Å². The molecule has 4 nitrogen and oxygen atoms in total. The van der Waals surface area contributed by atoms with Crippen molar-refractivity contribution in [3.63, 3.8) is 0 Å². The molecule has 0 aromatic heterocycles. The van der Waals surface area contributed by atoms with E-state index in [1.54, 1.807) is 26.8 Å². The van der Waals surface area contributed by atoms with Gasteiger partial charge < -0.3 is 10.5 Å². The van der Waals surface area contributed by atoms with Crippen LogP contribution in [0.3, 0.4) is 0 Å². The predicted molar refractivity (Wildman–Crippen MR) is 78.0 cm³/mol. The molecule has 0 aliphatic carbocycles. The van der Waals surface area contributed by atoms with Crippen LogP contribution in [-0.2, 0) is 15.6 Å². The fourth-order valence-corrected chi connectivity index (χ4v) is 2.68. The van der Waals surface area contributed by atoms with Gasteiger partial charge in [-0.15, -0.1) is 0 Å². The molecule has 0 bridgehead atoms. The Balaban J connectivity index is 3.23. The third kappa shape index (κ3) is 3.70. The van der Waals surface area contributed by atoms with Crippen molar-refractivity contribution in [1.29, 1.82) is 0 Å². The third-order valence-corrected chi connectivity index (χ3v) is 5.67. The molecule has 108 valence electrons. The van der Waals surface area contributed by atoms with Gasteiger partial charge in [0.2, 0.25) is 0 Å². The van der Waals surface area contributed by atoms with E-state index in [9.17, 15) is 8.42 Å². The highest BCUT2D eigenvalue weighted by Gasteiger charge is 2.30. The SMILES string of the molecule is COc1ccc(C(C)N)cc1CS(=O)(=O)C(C)(C)C. The van der Waals surface area contributed by atoms with Gasteiger partial charge in [0, 0.05) is 11.6 Å². The fraction of sp³-hybridized carbons (Fsp3) is 0.571. The van der Waals surface area contributed by atoms with Crippen LogP contribution in [0.2, 0.25) is 0 Å². The molecule has 19 heavy (non-hydrogen) atoms. The Hall–Kier alpha value is -1.07. The lowest BCUT2D eigenvalue weighted by Crippen LogP contribution is -2.29. The van der Waals surface area contributed by atoms with Gasteiger partial charge in [-0.3, -0.25) is 0 Å². The minimum atomic E-state index is -3.25. The summed E-state index contributed by atoms with van der Waals surface area (Å²) in [5, 5.41) is 0. The molecule has 0 heterocycles. The normalized spacial score (nSPS) is 14.2. The summed E-state index contributed by atoms with van der Waals surface area (Å²) in [6.45, 7) is 6.96. The molecule has 0 saturated carbocycles. The Kier molecular flexibility index (Phi) is 4.63. The maximum Gasteiger partial charge on any atom is 0.159 e. The predicted octanol–water partition coefficient (Wildman–Crippen LogP) is 2.43. The summed E-state index contributed by atoms with van der Waals surface area (Å²) >= 11 is 0. The third-order valence-electron chi connectivity index (χ3n) is 3.11. The van der Waals surface area contributed by atoms with E-state index in [2.05, 4.69) is 0 Å². The Labute approximate surface area is 115 Å². The van der Waals surface area contributed by atoms with Crippen LogP contribution >= 0.6 is 0 Å². The zero-order valence-electron chi connectivity index (χ0n) is 12.2. The quantitative estimate of drug-likeness (QED) is 0.922. The Bertz CT molecular complexity index is 542. The molecule has 0 aliphatic heterocycles. The van der Waals surface area contributed by atoms with E-state index in [1.165, 1.54) is 7.11 Å². The number of hydrogen-bond acceptors (Lipinski definition) is 4. The molecule has 1 atom stereocenters. The minimum Gasteiger partial charge on any atom is -0.496 e. The van der Waals surface area contributed by atoms with Gasteiger partial charge >= 0.3 is 0 Å². The lowest BCUT2D eigenvalue weighted by molar-refractivity contribution is 0.410. The highest BCUT2D eigenvalue weighted by molar-refractivity contribution is 7.91. The number of nitrogens with two attached hydrogens (primary N) is 1. The molecule has 0 saturated heterocycles. The van der Waals surface area contributed by atoms with E-state index in [0.717, 1.165) is 5.56 Å². The van der Waals surface area contributed by atoms with Crippen molar-refractivity contribution in [3.05, 3.63) is 29.3 Å². The molecular formula is C14H23NO3S. The van der Waals surface area contributed by atoms with Crippen LogP contribution in [0, 0.1) is 0 Å². The molecule has 1 unspecified atom stereocenters. The van der Waals surface area contributed by atoms with Gasteiger partial charge in [0.25, 0.3) is 0 Å². The second-order valence-corrected chi connectivity index (χ2v) is 8.47. The molecule has 0 spiro atoms. The summed E-state index contributed by atoms with van der Waals surface area (Å²) in [7, 11) is -1.71. The van der Waals surface area contributed by atoms with Gasteiger partial charge in [0.1, 0.15) is 5.75 Å². The van der Waals surface area contributed by atoms with Crippen LogP contribution in [0.5, 0.6) is 5.75 Å². The Morgan fingerprint density at radius 2 is 1.89 bits per heavy atom. The second kappa shape index (κ2) is 5.51. The van der Waals surface area contributed by atoms with Gasteiger partial charge in [0.05, 0.1) is 17.6 Å². The molecule has 0 aliphatic rings. The number of methoxy groups -OCH3 is 1. The van der Waals surface area contributed by atoms with E-state index in [1.807, 2.05) is 19.1 Å². The number of rotatable bonds is 4. The Morgan fingerprint density at radius 1 is 1.32 bits per heavy atom. The number of benzene rings is 1. The summed E-state index contributed by atoms with van der Waals surface area (Å²) in [5.41, 5.74) is 7.40. The van der Waals surface area contributed by atoms with Gasteiger partial charge in [-0.1, -0.05) is 6.07 Å². The highest BCUT2D eigenvalue weighted by atomic mass is 32.2. The van der Waals surface area contributed by atoms with Gasteiger partial charge in [-0.2, -0.15) is 0 Å². The van der Waals surface area contributed by atoms with E-state index in [4.69, 9.17) is 10.5 Å². The molecule has 2 N–H and O–H groups in total. The number of hydrogen-bond donors (Lipinski definition) is 1. The minimum absolute atomic E-state index is 0.0414. The first-order valence-electron chi connectivity index (χ1n) is 6.23. The van der Waals surface area contributed by atoms with Gasteiger partial charge in [-0.25, -0.2) is 8.42 Å². The van der Waals surface area contributed by atoms with Crippen molar-refractivity contribution in [1.82, 2.24) is 0 Å². The van der Waals surface area contributed by atoms with Crippen LogP contribution in [0.25, 0.3) is 0 Å². The summed E-state index contributed by atoms with van der Waals surface area (Å²) in [6, 6.07) is 5.30. The smallest absolute Gasteiger partial charge is 0.159 e. The van der Waals surface area contributed by atoms with E-state index in [-0.39, 0.29) is 11.8 Å². The summed E-state index contributed by atoms with van der Waals surface area (Å²) in [6.07, 6.45) is 0. The number of ether oxygens (including phenoxy) is 1. The van der Waals surface area contributed by atoms with Crippen molar-refractivity contribution in [3.8, 4) is 5.75 Å². The van der Waals surface area contributed by atoms with Crippen molar-refractivity contribution in [2.75, 3.05) is 7.11 Å². The molecule has 1 rings (SSSR count). The topological polar surface area (TPSA) is 69.4 Å². The van der Waals surface area contributed by atoms with Gasteiger partial charge in [0.15, 0.2) is 9.84 Å². The average Bonchev–Trinajstić information content (AvgIpc) is 2.26. The zero-order chi connectivity index (χ0) is 14.8. The average molecular weight is 285 g/mol. The van der Waals surface area contributed by atoms with Crippen molar-refractivity contribution in [2.45, 2.75) is 44.2 Å². The van der Waals surface area contributed by atoms with Crippen LogP contribution in [-0.4, -0.2) is 20.3 Å². The first-order chi connectivity index (χ1) is 8.58. The monoisotopic (exact) mass is 285 g/mol. The maximum atomic E-state index is 12.3. The molecule has 0 amide bonds. The number of sulfone groups is 1. The Morgan fingerprint density at radius 3 is 2.32 bits per heavy atom. The lowest BCUT2D eigenvalue weighted by atomic mass is 10.1. The standard InChI is InChI=1S/C14H23NO3S/c1-10(15)11-6-7-13(18-5)12(8-11)9-19(16,17)14(2,3)4/h6-8,10H,9,15H2,1-5H3. The molecule has 1 aromatic rings. The maximum absolute atomic E-state index is 12.3. The van der Waals surface area contributed by atoms with Crippen LogP contribution in [0.4, 0.5) is 0 Å². The lowest BCUT2D eigenvalue weighted by Gasteiger charge is -2.20.